The molecule has 2 nitrogen and oxygen atoms in total. The quantitative estimate of drug-likeness (QED) is 0.803. The first-order chi connectivity index (χ1) is 8.84. The third kappa shape index (κ3) is 5.58. The molecule has 0 fully saturated rings. The van der Waals surface area contributed by atoms with Gasteiger partial charge < -0.3 is 0 Å². The van der Waals surface area contributed by atoms with Gasteiger partial charge in [-0.25, -0.2) is 0 Å². The van der Waals surface area contributed by atoms with Crippen LogP contribution < -0.4 is 5.32 Å². The molecular weight excluding hydrogens is 303 g/mol. The lowest BCUT2D eigenvalue weighted by atomic mass is 10.0. The van der Waals surface area contributed by atoms with Crippen LogP contribution >= 0.6 is 34.8 Å². The van der Waals surface area contributed by atoms with Crippen molar-refractivity contribution >= 4 is 34.8 Å². The van der Waals surface area contributed by atoms with Crippen molar-refractivity contribution in [3.63, 3.8) is 0 Å². The number of benzene rings is 1. The van der Waals surface area contributed by atoms with E-state index in [0.29, 0.717) is 6.42 Å². The van der Waals surface area contributed by atoms with Crippen LogP contribution in [0.25, 0.3) is 0 Å². The Bertz CT molecular complexity index is 423. The van der Waals surface area contributed by atoms with Gasteiger partial charge in [-0.3, -0.25) is 5.32 Å². The van der Waals surface area contributed by atoms with Crippen molar-refractivity contribution in [3.8, 4) is 6.07 Å². The van der Waals surface area contributed by atoms with Crippen LogP contribution in [0, 0.1) is 17.2 Å². The molecule has 0 aliphatic rings. The summed E-state index contributed by atoms with van der Waals surface area (Å²) in [6, 6.07) is 11.9. The van der Waals surface area contributed by atoms with Gasteiger partial charge in [-0.05, 0) is 18.9 Å². The molecule has 0 amide bonds. The Hall–Kier alpha value is -0.460. The van der Waals surface area contributed by atoms with E-state index in [2.05, 4.69) is 11.4 Å². The maximum Gasteiger partial charge on any atom is 0.193 e. The SMILES string of the molecule is C[C@@H](N[C@@H](C#N)C[C@H](C)C(Cl)(Cl)Cl)c1ccccc1. The number of hydrogen-bond acceptors (Lipinski definition) is 2. The predicted octanol–water partition coefficient (Wildman–Crippen LogP) is 4.63. The molecule has 1 rings (SSSR count). The molecule has 0 spiro atoms. The Balaban J connectivity index is 2.61. The number of halogens is 3. The van der Waals surface area contributed by atoms with Crippen LogP contribution in [0.3, 0.4) is 0 Å². The van der Waals surface area contributed by atoms with Gasteiger partial charge in [0.15, 0.2) is 3.79 Å². The van der Waals surface area contributed by atoms with Crippen molar-refractivity contribution < 1.29 is 0 Å². The van der Waals surface area contributed by atoms with Gasteiger partial charge >= 0.3 is 0 Å². The molecule has 19 heavy (non-hydrogen) atoms. The molecule has 0 heterocycles. The minimum Gasteiger partial charge on any atom is -0.295 e. The molecule has 0 aliphatic carbocycles. The van der Waals surface area contributed by atoms with Crippen LogP contribution in [0.2, 0.25) is 0 Å². The number of nitrogens with one attached hydrogen (secondary N) is 1. The van der Waals surface area contributed by atoms with Gasteiger partial charge in [-0.2, -0.15) is 5.26 Å². The molecule has 0 saturated heterocycles. The Morgan fingerprint density at radius 1 is 1.21 bits per heavy atom. The van der Waals surface area contributed by atoms with E-state index in [-0.39, 0.29) is 18.0 Å². The van der Waals surface area contributed by atoms with Crippen molar-refractivity contribution in [2.24, 2.45) is 5.92 Å². The van der Waals surface area contributed by atoms with E-state index in [9.17, 15) is 5.26 Å². The van der Waals surface area contributed by atoms with E-state index < -0.39 is 3.79 Å². The highest BCUT2D eigenvalue weighted by atomic mass is 35.6. The molecule has 0 unspecified atom stereocenters. The van der Waals surface area contributed by atoms with Crippen molar-refractivity contribution in [2.45, 2.75) is 36.1 Å². The van der Waals surface area contributed by atoms with Crippen LogP contribution in [0.5, 0.6) is 0 Å². The summed E-state index contributed by atoms with van der Waals surface area (Å²) in [6.45, 7) is 3.84. The summed E-state index contributed by atoms with van der Waals surface area (Å²) in [4.78, 5) is 0. The van der Waals surface area contributed by atoms with E-state index in [1.807, 2.05) is 44.2 Å². The third-order valence-electron chi connectivity index (χ3n) is 3.05. The first kappa shape index (κ1) is 16.6. The largest absolute Gasteiger partial charge is 0.295 e. The predicted molar refractivity (Wildman–Crippen MR) is 81.5 cm³/mol. The molecule has 0 aliphatic heterocycles. The molecule has 1 N–H and O–H groups in total. The summed E-state index contributed by atoms with van der Waals surface area (Å²) < 4.78 is -1.34. The monoisotopic (exact) mass is 318 g/mol. The fourth-order valence-electron chi connectivity index (χ4n) is 1.78. The molecule has 5 heteroatoms. The summed E-state index contributed by atoms with van der Waals surface area (Å²) >= 11 is 17.5. The Kier molecular flexibility index (Phi) is 6.42. The standard InChI is InChI=1S/C14H17Cl3N2/c1-10(14(15,16)17)8-13(9-18)19-11(2)12-6-4-3-5-7-12/h3-7,10-11,13,19H,8H2,1-2H3/t10-,11+,13+/m0/s1. The minimum atomic E-state index is -1.34. The highest BCUT2D eigenvalue weighted by molar-refractivity contribution is 6.67. The van der Waals surface area contributed by atoms with Crippen molar-refractivity contribution in [3.05, 3.63) is 35.9 Å². The number of rotatable bonds is 5. The van der Waals surface area contributed by atoms with Crippen LogP contribution in [-0.4, -0.2) is 9.83 Å². The second-order valence-electron chi connectivity index (χ2n) is 4.66. The van der Waals surface area contributed by atoms with Gasteiger partial charge in [0.1, 0.15) is 0 Å². The zero-order valence-corrected chi connectivity index (χ0v) is 13.2. The normalized spacial score (nSPS) is 16.4. The van der Waals surface area contributed by atoms with E-state index in [1.54, 1.807) is 0 Å². The zero-order valence-electron chi connectivity index (χ0n) is 10.9. The lowest BCUT2D eigenvalue weighted by Gasteiger charge is -2.25. The van der Waals surface area contributed by atoms with Crippen LogP contribution in [0.15, 0.2) is 30.3 Å². The van der Waals surface area contributed by atoms with E-state index in [1.165, 1.54) is 0 Å². The molecule has 1 aromatic rings. The van der Waals surface area contributed by atoms with Gasteiger partial charge in [0, 0.05) is 12.0 Å². The topological polar surface area (TPSA) is 35.8 Å². The van der Waals surface area contributed by atoms with E-state index in [4.69, 9.17) is 34.8 Å². The summed E-state index contributed by atoms with van der Waals surface area (Å²) in [5, 5.41) is 12.4. The number of alkyl halides is 3. The van der Waals surface area contributed by atoms with E-state index in [0.717, 1.165) is 5.56 Å². The third-order valence-corrected chi connectivity index (χ3v) is 4.17. The summed E-state index contributed by atoms with van der Waals surface area (Å²) in [5.74, 6) is -0.197. The Labute approximate surface area is 129 Å². The lowest BCUT2D eigenvalue weighted by molar-refractivity contribution is 0.426. The van der Waals surface area contributed by atoms with Gasteiger partial charge in [-0.1, -0.05) is 72.1 Å². The number of nitriles is 1. The van der Waals surface area contributed by atoms with Gasteiger partial charge in [0.05, 0.1) is 12.1 Å². The molecule has 104 valence electrons. The molecular formula is C14H17Cl3N2. The van der Waals surface area contributed by atoms with E-state index >= 15 is 0 Å². The fraction of sp³-hybridized carbons (Fsp3) is 0.500. The summed E-state index contributed by atoms with van der Waals surface area (Å²) in [7, 11) is 0. The first-order valence-corrected chi connectivity index (χ1v) is 7.25. The lowest BCUT2D eigenvalue weighted by Crippen LogP contribution is -2.34. The van der Waals surface area contributed by atoms with Gasteiger partial charge in [0.25, 0.3) is 0 Å². The molecule has 0 saturated carbocycles. The molecule has 0 radical (unpaired) electrons. The van der Waals surface area contributed by atoms with Crippen LogP contribution in [-0.2, 0) is 0 Å². The Morgan fingerprint density at radius 2 is 1.79 bits per heavy atom. The molecule has 0 bridgehead atoms. The minimum absolute atomic E-state index is 0.0772. The average molecular weight is 320 g/mol. The van der Waals surface area contributed by atoms with Crippen molar-refractivity contribution in [1.29, 1.82) is 5.26 Å². The van der Waals surface area contributed by atoms with Crippen molar-refractivity contribution in [2.75, 3.05) is 0 Å². The number of nitrogens with zero attached hydrogens (tertiary/aromatic N) is 1. The number of hydrogen-bond donors (Lipinski definition) is 1. The van der Waals surface area contributed by atoms with Crippen LogP contribution in [0.4, 0.5) is 0 Å². The first-order valence-electron chi connectivity index (χ1n) is 6.12. The Morgan fingerprint density at radius 3 is 2.26 bits per heavy atom. The summed E-state index contributed by atoms with van der Waals surface area (Å²) in [5.41, 5.74) is 1.13. The highest BCUT2D eigenvalue weighted by Gasteiger charge is 2.31. The molecule has 1 aromatic carbocycles. The summed E-state index contributed by atoms with van der Waals surface area (Å²) in [6.07, 6.45) is 0.490. The molecule has 0 aromatic heterocycles. The maximum absolute atomic E-state index is 9.19. The van der Waals surface area contributed by atoms with Gasteiger partial charge in [0.2, 0.25) is 0 Å². The molecule has 3 atom stereocenters. The average Bonchev–Trinajstić information content (AvgIpc) is 2.37. The smallest absolute Gasteiger partial charge is 0.193 e. The highest BCUT2D eigenvalue weighted by Crippen LogP contribution is 2.37. The van der Waals surface area contributed by atoms with Gasteiger partial charge in [-0.15, -0.1) is 0 Å². The zero-order chi connectivity index (χ0) is 14.5. The maximum atomic E-state index is 9.19. The van der Waals surface area contributed by atoms with Crippen molar-refractivity contribution in [1.82, 2.24) is 5.32 Å². The second kappa shape index (κ2) is 7.36. The second-order valence-corrected chi connectivity index (χ2v) is 7.03. The fourth-order valence-corrected chi connectivity index (χ4v) is 2.05. The van der Waals surface area contributed by atoms with Crippen LogP contribution in [0.1, 0.15) is 31.9 Å².